The summed E-state index contributed by atoms with van der Waals surface area (Å²) in [6.07, 6.45) is 12.0. The molecule has 0 radical (unpaired) electrons. The molecular formula is C14H24N2O. The van der Waals surface area contributed by atoms with E-state index in [4.69, 9.17) is 0 Å². The van der Waals surface area contributed by atoms with Crippen LogP contribution in [0.5, 0.6) is 0 Å². The Labute approximate surface area is 104 Å². The van der Waals surface area contributed by atoms with Crippen LogP contribution < -0.4 is 10.6 Å². The van der Waals surface area contributed by atoms with Gasteiger partial charge in [-0.2, -0.15) is 0 Å². The highest BCUT2D eigenvalue weighted by atomic mass is 16.1. The number of fused-ring (bicyclic) bond motifs is 1. The molecule has 2 atom stereocenters. The van der Waals surface area contributed by atoms with Gasteiger partial charge >= 0.3 is 0 Å². The third kappa shape index (κ3) is 2.35. The van der Waals surface area contributed by atoms with Gasteiger partial charge in [0.25, 0.3) is 0 Å². The molecule has 2 aliphatic carbocycles. The molecule has 0 aromatic heterocycles. The molecule has 3 rings (SSSR count). The van der Waals surface area contributed by atoms with Gasteiger partial charge in [0.2, 0.25) is 5.91 Å². The first-order chi connectivity index (χ1) is 8.27. The van der Waals surface area contributed by atoms with E-state index < -0.39 is 0 Å². The van der Waals surface area contributed by atoms with Crippen LogP contribution in [0.3, 0.4) is 0 Å². The van der Waals surface area contributed by atoms with Gasteiger partial charge in [-0.05, 0) is 25.7 Å². The van der Waals surface area contributed by atoms with Gasteiger partial charge in [-0.3, -0.25) is 4.79 Å². The highest BCUT2D eigenvalue weighted by Gasteiger charge is 2.41. The lowest BCUT2D eigenvalue weighted by atomic mass is 9.78. The summed E-state index contributed by atoms with van der Waals surface area (Å²) in [6.45, 7) is 0. The van der Waals surface area contributed by atoms with Crippen LogP contribution in [0, 0.1) is 0 Å². The molecule has 2 unspecified atom stereocenters. The molecule has 0 aromatic carbocycles. The number of hydrogen-bond donors (Lipinski definition) is 2. The van der Waals surface area contributed by atoms with E-state index in [1.54, 1.807) is 0 Å². The molecule has 0 bridgehead atoms. The second kappa shape index (κ2) is 4.60. The summed E-state index contributed by atoms with van der Waals surface area (Å²) < 4.78 is 0. The molecule has 1 amide bonds. The molecule has 2 saturated carbocycles. The first-order valence-corrected chi connectivity index (χ1v) is 7.35. The van der Waals surface area contributed by atoms with Crippen molar-refractivity contribution in [3.05, 3.63) is 0 Å². The van der Waals surface area contributed by atoms with Crippen molar-refractivity contribution in [2.75, 3.05) is 0 Å². The fourth-order valence-electron chi connectivity index (χ4n) is 4.04. The Morgan fingerprint density at radius 3 is 2.41 bits per heavy atom. The van der Waals surface area contributed by atoms with Crippen molar-refractivity contribution in [3.8, 4) is 0 Å². The summed E-state index contributed by atoms with van der Waals surface area (Å²) in [5.41, 5.74) is 0.138. The minimum Gasteiger partial charge on any atom is -0.352 e. The van der Waals surface area contributed by atoms with E-state index in [1.807, 2.05) is 0 Å². The molecule has 3 heteroatoms. The van der Waals surface area contributed by atoms with Crippen LogP contribution in [0.25, 0.3) is 0 Å². The van der Waals surface area contributed by atoms with E-state index in [0.717, 1.165) is 0 Å². The molecular weight excluding hydrogens is 212 g/mol. The summed E-state index contributed by atoms with van der Waals surface area (Å²) in [4.78, 5) is 12.1. The van der Waals surface area contributed by atoms with Crippen LogP contribution in [0.2, 0.25) is 0 Å². The van der Waals surface area contributed by atoms with E-state index >= 15 is 0 Å². The van der Waals surface area contributed by atoms with Gasteiger partial charge < -0.3 is 10.6 Å². The van der Waals surface area contributed by atoms with Gasteiger partial charge in [0.15, 0.2) is 0 Å². The maximum atomic E-state index is 12.1. The Bertz CT molecular complexity index is 297. The Balaban J connectivity index is 1.79. The summed E-state index contributed by atoms with van der Waals surface area (Å²) in [7, 11) is 0. The summed E-state index contributed by atoms with van der Waals surface area (Å²) in [5.74, 6) is 0.286. The molecule has 1 spiro atoms. The molecule has 1 saturated heterocycles. The standard InChI is InChI=1S/C14H24N2O/c17-13-10-14(8-4-1-5-9-14)16-12-7-3-2-6-11(12)15-13/h11-12,16H,1-10H2,(H,15,17). The molecule has 1 heterocycles. The van der Waals surface area contributed by atoms with Gasteiger partial charge in [-0.15, -0.1) is 0 Å². The van der Waals surface area contributed by atoms with Gasteiger partial charge in [-0.1, -0.05) is 32.1 Å². The second-order valence-corrected chi connectivity index (χ2v) is 6.23. The number of amides is 1. The average molecular weight is 236 g/mol. The topological polar surface area (TPSA) is 41.1 Å². The Hall–Kier alpha value is -0.570. The number of nitrogens with one attached hydrogen (secondary N) is 2. The number of carbonyl (C=O) groups excluding carboxylic acids is 1. The van der Waals surface area contributed by atoms with Crippen molar-refractivity contribution >= 4 is 5.91 Å². The number of rotatable bonds is 0. The van der Waals surface area contributed by atoms with Crippen molar-refractivity contribution in [2.45, 2.75) is 81.8 Å². The highest BCUT2D eigenvalue weighted by Crippen LogP contribution is 2.35. The lowest BCUT2D eigenvalue weighted by Crippen LogP contribution is -2.55. The van der Waals surface area contributed by atoms with Gasteiger partial charge in [0.1, 0.15) is 0 Å². The molecule has 17 heavy (non-hydrogen) atoms. The van der Waals surface area contributed by atoms with E-state index in [-0.39, 0.29) is 11.4 Å². The third-order valence-corrected chi connectivity index (χ3v) is 4.91. The molecule has 2 N–H and O–H groups in total. The minimum atomic E-state index is 0.138. The Morgan fingerprint density at radius 1 is 0.941 bits per heavy atom. The largest absolute Gasteiger partial charge is 0.352 e. The molecule has 3 aliphatic rings. The Morgan fingerprint density at radius 2 is 1.65 bits per heavy atom. The quantitative estimate of drug-likeness (QED) is 0.676. The molecule has 96 valence electrons. The van der Waals surface area contributed by atoms with Crippen LogP contribution in [0.15, 0.2) is 0 Å². The van der Waals surface area contributed by atoms with Crippen LogP contribution in [-0.2, 0) is 4.79 Å². The molecule has 3 nitrogen and oxygen atoms in total. The number of hydrogen-bond acceptors (Lipinski definition) is 2. The van der Waals surface area contributed by atoms with E-state index in [9.17, 15) is 4.79 Å². The van der Waals surface area contributed by atoms with Crippen molar-refractivity contribution in [2.24, 2.45) is 0 Å². The molecule has 3 fully saturated rings. The van der Waals surface area contributed by atoms with Crippen molar-refractivity contribution < 1.29 is 4.79 Å². The lowest BCUT2D eigenvalue weighted by molar-refractivity contribution is -0.122. The van der Waals surface area contributed by atoms with Crippen LogP contribution in [0.1, 0.15) is 64.2 Å². The van der Waals surface area contributed by atoms with Crippen LogP contribution >= 0.6 is 0 Å². The normalized spacial score (nSPS) is 37.1. The fourth-order valence-corrected chi connectivity index (χ4v) is 4.04. The van der Waals surface area contributed by atoms with Gasteiger partial charge in [0.05, 0.1) is 0 Å². The zero-order valence-electron chi connectivity index (χ0n) is 10.6. The predicted molar refractivity (Wildman–Crippen MR) is 67.8 cm³/mol. The van der Waals surface area contributed by atoms with Crippen LogP contribution in [0.4, 0.5) is 0 Å². The fraction of sp³-hybridized carbons (Fsp3) is 0.929. The van der Waals surface area contributed by atoms with Gasteiger partial charge in [0, 0.05) is 24.0 Å². The summed E-state index contributed by atoms with van der Waals surface area (Å²) in [5, 5.41) is 7.13. The minimum absolute atomic E-state index is 0.138. The second-order valence-electron chi connectivity index (χ2n) is 6.23. The SMILES string of the molecule is O=C1CC2(CCCCC2)NC2CCCCC2N1. The monoisotopic (exact) mass is 236 g/mol. The highest BCUT2D eigenvalue weighted by molar-refractivity contribution is 5.78. The zero-order valence-corrected chi connectivity index (χ0v) is 10.6. The first-order valence-electron chi connectivity index (χ1n) is 7.35. The van der Waals surface area contributed by atoms with Crippen molar-refractivity contribution in [1.82, 2.24) is 10.6 Å². The Kier molecular flexibility index (Phi) is 3.12. The number of carbonyl (C=O) groups is 1. The lowest BCUT2D eigenvalue weighted by Gasteiger charge is -2.41. The molecule has 1 aliphatic heterocycles. The van der Waals surface area contributed by atoms with Gasteiger partial charge in [-0.25, -0.2) is 0 Å². The van der Waals surface area contributed by atoms with E-state index in [0.29, 0.717) is 18.5 Å². The molecule has 0 aromatic rings. The first kappa shape index (κ1) is 11.5. The zero-order chi connectivity index (χ0) is 11.7. The van der Waals surface area contributed by atoms with E-state index in [2.05, 4.69) is 10.6 Å². The van der Waals surface area contributed by atoms with E-state index in [1.165, 1.54) is 57.8 Å². The predicted octanol–water partition coefficient (Wildman–Crippen LogP) is 2.11. The van der Waals surface area contributed by atoms with Crippen LogP contribution in [-0.4, -0.2) is 23.5 Å². The summed E-state index contributed by atoms with van der Waals surface area (Å²) in [6, 6.07) is 0.936. The summed E-state index contributed by atoms with van der Waals surface area (Å²) >= 11 is 0. The maximum Gasteiger partial charge on any atom is 0.222 e. The maximum absolute atomic E-state index is 12.1. The average Bonchev–Trinajstić information content (AvgIpc) is 2.45. The third-order valence-electron chi connectivity index (χ3n) is 4.91. The smallest absolute Gasteiger partial charge is 0.222 e. The van der Waals surface area contributed by atoms with Crippen molar-refractivity contribution in [1.29, 1.82) is 0 Å². The van der Waals surface area contributed by atoms with Crippen molar-refractivity contribution in [3.63, 3.8) is 0 Å².